The minimum Gasteiger partial charge on any atom is -0.318 e. The molecule has 0 radical (unpaired) electrons. The van der Waals surface area contributed by atoms with Crippen molar-refractivity contribution in [3.63, 3.8) is 0 Å². The van der Waals surface area contributed by atoms with Crippen molar-refractivity contribution < 1.29 is 8.42 Å². The van der Waals surface area contributed by atoms with E-state index in [0.29, 0.717) is 18.8 Å². The fraction of sp³-hybridized carbons (Fsp3) is 0.538. The number of hydrogen-bond donors (Lipinski definition) is 2. The number of anilines is 1. The molecular weight excluding hydrogens is 342 g/mol. The van der Waals surface area contributed by atoms with E-state index in [1.54, 1.807) is 10.4 Å². The summed E-state index contributed by atoms with van der Waals surface area (Å²) in [5, 5.41) is 3.07. The van der Waals surface area contributed by atoms with E-state index in [-0.39, 0.29) is 6.04 Å². The van der Waals surface area contributed by atoms with E-state index in [4.69, 9.17) is 0 Å². The molecule has 1 saturated heterocycles. The van der Waals surface area contributed by atoms with Crippen LogP contribution in [0.3, 0.4) is 0 Å². The van der Waals surface area contributed by atoms with Crippen molar-refractivity contribution in [2.45, 2.75) is 25.3 Å². The first-order chi connectivity index (χ1) is 9.54. The van der Waals surface area contributed by atoms with Gasteiger partial charge in [0.1, 0.15) is 0 Å². The summed E-state index contributed by atoms with van der Waals surface area (Å²) in [6.45, 7) is 1.25. The van der Waals surface area contributed by atoms with Crippen LogP contribution >= 0.6 is 15.9 Å². The molecule has 2 rings (SSSR count). The third-order valence-corrected chi connectivity index (χ3v) is 5.70. The monoisotopic (exact) mass is 361 g/mol. The van der Waals surface area contributed by atoms with Crippen LogP contribution in [-0.4, -0.2) is 38.9 Å². The predicted octanol–water partition coefficient (Wildman–Crippen LogP) is 2.18. The molecule has 0 amide bonds. The average Bonchev–Trinajstić information content (AvgIpc) is 2.42. The van der Waals surface area contributed by atoms with Crippen LogP contribution < -0.4 is 10.0 Å². The molecule has 5 nitrogen and oxygen atoms in total. The molecule has 1 unspecified atom stereocenters. The third-order valence-electron chi connectivity index (χ3n) is 3.43. The summed E-state index contributed by atoms with van der Waals surface area (Å²) in [6, 6.07) is 7.25. The summed E-state index contributed by atoms with van der Waals surface area (Å²) in [5.41, 5.74) is 0.571. The van der Waals surface area contributed by atoms with Gasteiger partial charge in [0.15, 0.2) is 0 Å². The molecule has 0 spiro atoms. The fourth-order valence-electron chi connectivity index (χ4n) is 2.47. The largest absolute Gasteiger partial charge is 0.318 e. The van der Waals surface area contributed by atoms with Crippen molar-refractivity contribution in [2.75, 3.05) is 24.9 Å². The van der Waals surface area contributed by atoms with Crippen molar-refractivity contribution >= 4 is 31.8 Å². The van der Waals surface area contributed by atoms with Crippen LogP contribution in [0.2, 0.25) is 0 Å². The molecule has 1 aliphatic rings. The molecule has 112 valence electrons. The normalized spacial score (nSPS) is 20.8. The van der Waals surface area contributed by atoms with Crippen molar-refractivity contribution in [1.29, 1.82) is 0 Å². The highest BCUT2D eigenvalue weighted by atomic mass is 79.9. The van der Waals surface area contributed by atoms with Crippen LogP contribution in [0.1, 0.15) is 19.3 Å². The lowest BCUT2D eigenvalue weighted by Gasteiger charge is -2.34. The number of nitrogens with one attached hydrogen (secondary N) is 2. The van der Waals surface area contributed by atoms with E-state index >= 15 is 0 Å². The first-order valence-corrected chi connectivity index (χ1v) is 8.96. The molecule has 1 aromatic carbocycles. The molecule has 1 atom stereocenters. The average molecular weight is 362 g/mol. The highest BCUT2D eigenvalue weighted by Gasteiger charge is 2.32. The van der Waals surface area contributed by atoms with Crippen molar-refractivity contribution in [2.24, 2.45) is 0 Å². The molecule has 7 heteroatoms. The first-order valence-electron chi connectivity index (χ1n) is 6.73. The summed E-state index contributed by atoms with van der Waals surface area (Å²) in [4.78, 5) is 0. The van der Waals surface area contributed by atoms with Gasteiger partial charge in [-0.1, -0.05) is 18.6 Å². The fourth-order valence-corrected chi connectivity index (χ4v) is 4.50. The molecule has 2 N–H and O–H groups in total. The Kier molecular flexibility index (Phi) is 5.42. The molecule has 0 aromatic heterocycles. The van der Waals surface area contributed by atoms with Crippen molar-refractivity contribution in [3.8, 4) is 0 Å². The second-order valence-corrected chi connectivity index (χ2v) is 7.38. The summed E-state index contributed by atoms with van der Waals surface area (Å²) < 4.78 is 30.1. The Morgan fingerprint density at radius 1 is 1.35 bits per heavy atom. The lowest BCUT2D eigenvalue weighted by Crippen LogP contribution is -2.49. The van der Waals surface area contributed by atoms with Crippen LogP contribution in [0.5, 0.6) is 0 Å². The maximum Gasteiger partial charge on any atom is 0.301 e. The Bertz CT molecular complexity index is 548. The molecule has 1 aliphatic heterocycles. The van der Waals surface area contributed by atoms with Gasteiger partial charge in [-0.3, -0.25) is 4.72 Å². The summed E-state index contributed by atoms with van der Waals surface area (Å²) in [6.07, 6.45) is 2.89. The topological polar surface area (TPSA) is 61.4 Å². The van der Waals surface area contributed by atoms with Gasteiger partial charge in [-0.2, -0.15) is 12.7 Å². The predicted molar refractivity (Wildman–Crippen MR) is 85.0 cm³/mol. The SMILES string of the molecule is CNCC1CCCCN1S(=O)(=O)Nc1ccccc1Br. The number of nitrogens with zero attached hydrogens (tertiary/aromatic N) is 1. The van der Waals surface area contributed by atoms with Gasteiger partial charge in [0, 0.05) is 23.6 Å². The van der Waals surface area contributed by atoms with Crippen molar-refractivity contribution in [3.05, 3.63) is 28.7 Å². The molecule has 1 fully saturated rings. The highest BCUT2D eigenvalue weighted by molar-refractivity contribution is 9.10. The van der Waals surface area contributed by atoms with Gasteiger partial charge in [0.2, 0.25) is 0 Å². The Morgan fingerprint density at radius 3 is 2.80 bits per heavy atom. The Hall–Kier alpha value is -0.630. The summed E-state index contributed by atoms with van der Waals surface area (Å²) >= 11 is 3.36. The second kappa shape index (κ2) is 6.89. The minimum absolute atomic E-state index is 0.0220. The third kappa shape index (κ3) is 3.72. The van der Waals surface area contributed by atoms with Gasteiger partial charge in [-0.25, -0.2) is 0 Å². The van der Waals surface area contributed by atoms with E-state index in [1.807, 2.05) is 25.2 Å². The Balaban J connectivity index is 2.18. The molecule has 0 saturated carbocycles. The number of hydrogen-bond acceptors (Lipinski definition) is 3. The number of benzene rings is 1. The minimum atomic E-state index is -3.52. The van der Waals surface area contributed by atoms with Gasteiger partial charge >= 0.3 is 10.2 Å². The van der Waals surface area contributed by atoms with Gasteiger partial charge in [-0.05, 0) is 48.0 Å². The zero-order chi connectivity index (χ0) is 14.6. The van der Waals surface area contributed by atoms with Gasteiger partial charge in [0.05, 0.1) is 5.69 Å². The second-order valence-electron chi connectivity index (χ2n) is 4.90. The van der Waals surface area contributed by atoms with Crippen LogP contribution in [0.25, 0.3) is 0 Å². The smallest absolute Gasteiger partial charge is 0.301 e. The van der Waals surface area contributed by atoms with Gasteiger partial charge in [-0.15, -0.1) is 0 Å². The van der Waals surface area contributed by atoms with Crippen LogP contribution in [0, 0.1) is 0 Å². The van der Waals surface area contributed by atoms with E-state index in [0.717, 1.165) is 23.7 Å². The number of piperidine rings is 1. The molecule has 1 aromatic rings. The lowest BCUT2D eigenvalue weighted by molar-refractivity contribution is 0.250. The van der Waals surface area contributed by atoms with Crippen molar-refractivity contribution in [1.82, 2.24) is 9.62 Å². The zero-order valence-corrected chi connectivity index (χ0v) is 13.9. The van der Waals surface area contributed by atoms with E-state index in [2.05, 4.69) is 26.0 Å². The highest BCUT2D eigenvalue weighted by Crippen LogP contribution is 2.26. The molecule has 20 heavy (non-hydrogen) atoms. The molecule has 1 heterocycles. The molecule has 0 aliphatic carbocycles. The quantitative estimate of drug-likeness (QED) is 0.844. The number of para-hydroxylation sites is 1. The van der Waals surface area contributed by atoms with Gasteiger partial charge < -0.3 is 5.32 Å². The maximum absolute atomic E-state index is 12.6. The van der Waals surface area contributed by atoms with E-state index < -0.39 is 10.2 Å². The van der Waals surface area contributed by atoms with Crippen LogP contribution in [-0.2, 0) is 10.2 Å². The van der Waals surface area contributed by atoms with Crippen LogP contribution in [0.15, 0.2) is 28.7 Å². The number of rotatable bonds is 5. The van der Waals surface area contributed by atoms with Gasteiger partial charge in [0.25, 0.3) is 0 Å². The molecular formula is C13H20BrN3O2S. The zero-order valence-electron chi connectivity index (χ0n) is 11.5. The molecule has 0 bridgehead atoms. The summed E-state index contributed by atoms with van der Waals surface area (Å²) in [5.74, 6) is 0. The van der Waals surface area contributed by atoms with E-state index in [9.17, 15) is 8.42 Å². The maximum atomic E-state index is 12.6. The van der Waals surface area contributed by atoms with E-state index in [1.165, 1.54) is 0 Å². The first kappa shape index (κ1) is 15.8. The number of halogens is 1. The van der Waals surface area contributed by atoms with Crippen LogP contribution in [0.4, 0.5) is 5.69 Å². The summed E-state index contributed by atoms with van der Waals surface area (Å²) in [7, 11) is -1.67. The Labute approximate surface area is 129 Å². The lowest BCUT2D eigenvalue weighted by atomic mass is 10.1. The standard InChI is InChI=1S/C13H20BrN3O2S/c1-15-10-11-6-4-5-9-17(11)20(18,19)16-13-8-3-2-7-12(13)14/h2-3,7-8,11,15-16H,4-6,9-10H2,1H3. The number of likely N-dealkylation sites (N-methyl/N-ethyl adjacent to an activating group) is 1. The Morgan fingerprint density at radius 2 is 2.10 bits per heavy atom.